The number of pyridine rings is 1. The normalized spacial score (nSPS) is 15.0. The molecule has 0 saturated carbocycles. The Balaban J connectivity index is 1.34. The maximum absolute atomic E-state index is 13.7. The number of carbonyl (C=O) groups excluding carboxylic acids is 2. The van der Waals surface area contributed by atoms with Gasteiger partial charge in [0.05, 0.1) is 38.7 Å². The molecule has 3 N–H and O–H groups in total. The van der Waals surface area contributed by atoms with Crippen LogP contribution in [0.25, 0.3) is 0 Å². The van der Waals surface area contributed by atoms with Crippen molar-refractivity contribution in [2.24, 2.45) is 5.73 Å². The van der Waals surface area contributed by atoms with Crippen LogP contribution in [-0.4, -0.2) is 75.3 Å². The van der Waals surface area contributed by atoms with Crippen LogP contribution in [0.5, 0.6) is 11.5 Å². The van der Waals surface area contributed by atoms with Gasteiger partial charge in [0.2, 0.25) is 5.91 Å². The van der Waals surface area contributed by atoms with E-state index >= 15 is 0 Å². The summed E-state index contributed by atoms with van der Waals surface area (Å²) in [6, 6.07) is 11.2. The van der Waals surface area contributed by atoms with Gasteiger partial charge in [-0.25, -0.2) is 9.78 Å². The third-order valence-electron chi connectivity index (χ3n) is 7.49. The maximum atomic E-state index is 13.7. The number of carbonyl (C=O) groups is 2. The summed E-state index contributed by atoms with van der Waals surface area (Å²) in [6.07, 6.45) is 1.75. The van der Waals surface area contributed by atoms with Crippen LogP contribution < -0.4 is 35.2 Å². The average molecular weight is 615 g/mol. The lowest BCUT2D eigenvalue weighted by Gasteiger charge is -2.37. The molecule has 0 bridgehead atoms. The molecule has 1 fully saturated rings. The van der Waals surface area contributed by atoms with E-state index in [4.69, 9.17) is 38.4 Å². The van der Waals surface area contributed by atoms with Crippen LogP contribution in [0.4, 0.5) is 33.4 Å². The first-order valence-corrected chi connectivity index (χ1v) is 14.3. The van der Waals surface area contributed by atoms with Crippen LogP contribution in [0.1, 0.15) is 12.5 Å². The zero-order valence-electron chi connectivity index (χ0n) is 23.7. The number of urea groups is 1. The molecule has 0 spiro atoms. The zero-order chi connectivity index (χ0) is 30.0. The molecular weight excluding hydrogens is 581 g/mol. The second kappa shape index (κ2) is 12.5. The Morgan fingerprint density at radius 2 is 1.67 bits per heavy atom. The fourth-order valence-corrected chi connectivity index (χ4v) is 5.94. The van der Waals surface area contributed by atoms with E-state index in [1.165, 1.54) is 19.1 Å². The van der Waals surface area contributed by atoms with E-state index in [0.29, 0.717) is 42.6 Å². The Kier molecular flexibility index (Phi) is 8.81. The number of anilines is 5. The lowest BCUT2D eigenvalue weighted by molar-refractivity contribution is -0.129. The predicted molar refractivity (Wildman–Crippen MR) is 166 cm³/mol. The number of amides is 3. The Morgan fingerprint density at radius 3 is 2.24 bits per heavy atom. The van der Waals surface area contributed by atoms with Gasteiger partial charge in [0.15, 0.2) is 0 Å². The monoisotopic (exact) mass is 613 g/mol. The fraction of sp³-hybridized carbons (Fsp3) is 0.345. The molecule has 5 rings (SSSR count). The van der Waals surface area contributed by atoms with Crippen LogP contribution >= 0.6 is 23.2 Å². The fourth-order valence-electron chi connectivity index (χ4n) is 5.24. The summed E-state index contributed by atoms with van der Waals surface area (Å²) in [6.45, 7) is 5.39. The van der Waals surface area contributed by atoms with E-state index in [1.54, 1.807) is 22.1 Å². The topological polar surface area (TPSA) is 116 Å². The van der Waals surface area contributed by atoms with Gasteiger partial charge < -0.3 is 30.3 Å². The number of ether oxygens (including phenoxy) is 2. The lowest BCUT2D eigenvalue weighted by atomic mass is 10.1. The Morgan fingerprint density at radius 1 is 1.02 bits per heavy atom. The van der Waals surface area contributed by atoms with Crippen molar-refractivity contribution in [1.82, 2.24) is 9.88 Å². The number of piperazine rings is 1. The molecule has 3 aromatic rings. The molecule has 2 aliphatic heterocycles. The number of hydrogen-bond acceptors (Lipinski definition) is 8. The molecule has 1 aromatic heterocycles. The van der Waals surface area contributed by atoms with Crippen LogP contribution in [-0.2, 0) is 11.3 Å². The number of aromatic nitrogens is 1. The summed E-state index contributed by atoms with van der Waals surface area (Å²) < 4.78 is 10.8. The minimum absolute atomic E-state index is 0.0177. The van der Waals surface area contributed by atoms with Gasteiger partial charge in [0, 0.05) is 68.0 Å². The highest BCUT2D eigenvalue weighted by atomic mass is 35.5. The van der Waals surface area contributed by atoms with Crippen LogP contribution in [0.15, 0.2) is 42.6 Å². The quantitative estimate of drug-likeness (QED) is 0.375. The highest BCUT2D eigenvalue weighted by molar-refractivity contribution is 6.42. The number of benzene rings is 2. The van der Waals surface area contributed by atoms with Gasteiger partial charge in [-0.3, -0.25) is 14.6 Å². The molecule has 2 aliphatic rings. The zero-order valence-corrected chi connectivity index (χ0v) is 25.2. The lowest BCUT2D eigenvalue weighted by Crippen LogP contribution is -2.50. The van der Waals surface area contributed by atoms with Crippen molar-refractivity contribution in [1.29, 1.82) is 0 Å². The van der Waals surface area contributed by atoms with Gasteiger partial charge in [0.25, 0.3) is 0 Å². The first kappa shape index (κ1) is 29.6. The van der Waals surface area contributed by atoms with Gasteiger partial charge in [-0.05, 0) is 31.2 Å². The van der Waals surface area contributed by atoms with Crippen LogP contribution in [0, 0.1) is 0 Å². The van der Waals surface area contributed by atoms with Crippen LogP contribution in [0.2, 0.25) is 10.0 Å². The average Bonchev–Trinajstić information content (AvgIpc) is 3.02. The van der Waals surface area contributed by atoms with E-state index in [-0.39, 0.29) is 35.1 Å². The Labute approximate surface area is 254 Å². The minimum Gasteiger partial charge on any atom is -0.495 e. The molecule has 0 radical (unpaired) electrons. The summed E-state index contributed by atoms with van der Waals surface area (Å²) in [7, 11) is 2.98. The molecule has 222 valence electrons. The highest BCUT2D eigenvalue weighted by Crippen LogP contribution is 2.48. The first-order chi connectivity index (χ1) is 20.3. The molecule has 0 atom stereocenters. The van der Waals surface area contributed by atoms with Gasteiger partial charge in [-0.15, -0.1) is 0 Å². The Bertz CT molecular complexity index is 1450. The predicted octanol–water partition coefficient (Wildman–Crippen LogP) is 4.72. The molecule has 13 heteroatoms. The second-order valence-corrected chi connectivity index (χ2v) is 10.6. The van der Waals surface area contributed by atoms with Crippen molar-refractivity contribution in [2.75, 3.05) is 73.5 Å². The third kappa shape index (κ3) is 5.59. The second-order valence-electron chi connectivity index (χ2n) is 9.81. The van der Waals surface area contributed by atoms with Crippen LogP contribution in [0.3, 0.4) is 0 Å². The first-order valence-electron chi connectivity index (χ1n) is 13.6. The number of hydrogen-bond donors (Lipinski definition) is 2. The van der Waals surface area contributed by atoms with E-state index in [2.05, 4.69) is 15.2 Å². The number of fused-ring (bicyclic) bond motifs is 1. The molecule has 0 aliphatic carbocycles. The highest BCUT2D eigenvalue weighted by Gasteiger charge is 2.35. The molecular formula is C29H33Cl2N7O4. The van der Waals surface area contributed by atoms with Gasteiger partial charge in [0.1, 0.15) is 27.4 Å². The van der Waals surface area contributed by atoms with E-state index in [0.717, 1.165) is 35.7 Å². The molecule has 2 aromatic carbocycles. The summed E-state index contributed by atoms with van der Waals surface area (Å²) in [5.74, 6) is 1.29. The number of nitrogens with zero attached hydrogens (tertiary/aromatic N) is 5. The number of nitrogens with two attached hydrogens (primary N) is 1. The maximum Gasteiger partial charge on any atom is 0.329 e. The number of halogens is 2. The van der Waals surface area contributed by atoms with E-state index < -0.39 is 0 Å². The smallest absolute Gasteiger partial charge is 0.329 e. The van der Waals surface area contributed by atoms with Crippen molar-refractivity contribution < 1.29 is 19.1 Å². The van der Waals surface area contributed by atoms with Crippen molar-refractivity contribution in [3.63, 3.8) is 0 Å². The summed E-state index contributed by atoms with van der Waals surface area (Å²) >= 11 is 13.3. The van der Waals surface area contributed by atoms with Gasteiger partial charge in [-0.1, -0.05) is 23.2 Å². The van der Waals surface area contributed by atoms with Crippen molar-refractivity contribution in [2.45, 2.75) is 13.5 Å². The largest absolute Gasteiger partial charge is 0.495 e. The van der Waals surface area contributed by atoms with Gasteiger partial charge in [-0.2, -0.15) is 0 Å². The molecule has 3 heterocycles. The van der Waals surface area contributed by atoms with E-state index in [1.807, 2.05) is 37.3 Å². The Hall–Kier alpha value is -3.93. The third-order valence-corrected chi connectivity index (χ3v) is 8.22. The molecule has 0 unspecified atom stereocenters. The minimum atomic E-state index is -0.279. The van der Waals surface area contributed by atoms with Crippen molar-refractivity contribution in [3.05, 3.63) is 58.2 Å². The van der Waals surface area contributed by atoms with E-state index in [9.17, 15) is 9.59 Å². The number of methoxy groups -OCH3 is 2. The van der Waals surface area contributed by atoms with Crippen molar-refractivity contribution in [3.8, 4) is 11.5 Å². The number of nitrogens with one attached hydrogen (secondary N) is 1. The van der Waals surface area contributed by atoms with Gasteiger partial charge >= 0.3 is 6.03 Å². The number of rotatable bonds is 8. The summed E-state index contributed by atoms with van der Waals surface area (Å²) in [5.41, 5.74) is 9.33. The standard InChI is InChI=1S/C29H33Cl2N7O4/c1-4-37-21-13-24(34-19-5-7-20(8-6-19)35-9-11-36(12-10-35)25(39)15-32)33-16-18(21)17-38(29(37)40)28-26(30)22(41-2)14-23(42-3)27(28)31/h5-8,13-14,16H,4,9-12,15,17,32H2,1-3H3,(H,33,34). The molecule has 11 nitrogen and oxygen atoms in total. The SMILES string of the molecule is CCN1C(=O)N(c2c(Cl)c(OC)cc(OC)c2Cl)Cc2cnc(Nc3ccc(N4CCN(C(=O)CN)CC4)cc3)cc21. The molecule has 1 saturated heterocycles. The summed E-state index contributed by atoms with van der Waals surface area (Å²) in [4.78, 5) is 37.4. The molecule has 3 amide bonds. The van der Waals surface area contributed by atoms with Crippen molar-refractivity contribution >= 4 is 63.7 Å². The molecule has 42 heavy (non-hydrogen) atoms. The summed E-state index contributed by atoms with van der Waals surface area (Å²) in [5, 5.41) is 3.78.